The van der Waals surface area contributed by atoms with E-state index in [1.54, 1.807) is 24.3 Å². The van der Waals surface area contributed by atoms with E-state index in [1.807, 2.05) is 55.5 Å². The topological polar surface area (TPSA) is 86.6 Å². The zero-order valence-electron chi connectivity index (χ0n) is 16.4. The molecule has 0 heterocycles. The molecule has 152 valence electrons. The maximum absolute atomic E-state index is 12.7. The van der Waals surface area contributed by atoms with Crippen LogP contribution < -0.4 is 5.09 Å². The summed E-state index contributed by atoms with van der Waals surface area (Å²) < 4.78 is 12.7. The highest BCUT2D eigenvalue weighted by molar-refractivity contribution is 7.55. The predicted molar refractivity (Wildman–Crippen MR) is 116 cm³/mol. The van der Waals surface area contributed by atoms with Crippen LogP contribution in [0.15, 0.2) is 72.8 Å². The van der Waals surface area contributed by atoms with Crippen molar-refractivity contribution in [3.63, 3.8) is 0 Å². The number of benzene rings is 3. The molecular weight excluding hydrogens is 385 g/mol. The molecular formula is C23H26NO4P. The van der Waals surface area contributed by atoms with Crippen molar-refractivity contribution in [1.29, 1.82) is 0 Å². The van der Waals surface area contributed by atoms with Crippen LogP contribution in [0.5, 0.6) is 0 Å². The van der Waals surface area contributed by atoms with Gasteiger partial charge in [0.15, 0.2) is 0 Å². The Morgan fingerprint density at radius 1 is 1.00 bits per heavy atom. The molecule has 6 heteroatoms. The summed E-state index contributed by atoms with van der Waals surface area (Å²) in [6, 6.07) is 21.8. The van der Waals surface area contributed by atoms with Gasteiger partial charge in [-0.3, -0.25) is 9.36 Å². The molecule has 3 unspecified atom stereocenters. The monoisotopic (exact) mass is 411 g/mol. The maximum Gasteiger partial charge on any atom is 0.321 e. The third kappa shape index (κ3) is 5.54. The SMILES string of the molecule is CCC(CC(NP(=O)(O)Cc1ccccc1)C(=O)O)c1cccc2ccccc12. The molecule has 0 bridgehead atoms. The fraction of sp³-hybridized carbons (Fsp3) is 0.261. The van der Waals surface area contributed by atoms with E-state index in [0.29, 0.717) is 5.56 Å². The first-order valence-electron chi connectivity index (χ1n) is 9.73. The first kappa shape index (κ1) is 21.3. The zero-order valence-corrected chi connectivity index (χ0v) is 17.3. The van der Waals surface area contributed by atoms with E-state index in [1.165, 1.54) is 0 Å². The quantitative estimate of drug-likeness (QED) is 0.424. The van der Waals surface area contributed by atoms with Crippen molar-refractivity contribution >= 4 is 24.3 Å². The lowest BCUT2D eigenvalue weighted by molar-refractivity contribution is -0.139. The van der Waals surface area contributed by atoms with E-state index < -0.39 is 19.5 Å². The molecule has 3 atom stereocenters. The lowest BCUT2D eigenvalue weighted by atomic mass is 9.87. The maximum atomic E-state index is 12.7. The van der Waals surface area contributed by atoms with Gasteiger partial charge in [0.05, 0.1) is 6.16 Å². The lowest BCUT2D eigenvalue weighted by Gasteiger charge is -2.24. The van der Waals surface area contributed by atoms with Crippen molar-refractivity contribution in [2.75, 3.05) is 0 Å². The third-order valence-corrected chi connectivity index (χ3v) is 6.68. The molecule has 3 aromatic carbocycles. The van der Waals surface area contributed by atoms with Crippen molar-refractivity contribution < 1.29 is 19.4 Å². The largest absolute Gasteiger partial charge is 0.480 e. The van der Waals surface area contributed by atoms with Gasteiger partial charge in [-0.25, -0.2) is 5.09 Å². The average Bonchev–Trinajstić information content (AvgIpc) is 2.71. The second kappa shape index (κ2) is 9.36. The fourth-order valence-corrected chi connectivity index (χ4v) is 5.23. The number of nitrogens with one attached hydrogen (secondary N) is 1. The second-order valence-corrected chi connectivity index (χ2v) is 9.25. The molecule has 3 aromatic rings. The highest BCUT2D eigenvalue weighted by Gasteiger charge is 2.30. The van der Waals surface area contributed by atoms with Gasteiger partial charge in [0, 0.05) is 0 Å². The average molecular weight is 411 g/mol. The number of fused-ring (bicyclic) bond motifs is 1. The van der Waals surface area contributed by atoms with Crippen LogP contribution in [-0.4, -0.2) is 22.0 Å². The summed E-state index contributed by atoms with van der Waals surface area (Å²) in [5.41, 5.74) is 1.76. The highest BCUT2D eigenvalue weighted by atomic mass is 31.2. The lowest BCUT2D eigenvalue weighted by Crippen LogP contribution is -2.36. The van der Waals surface area contributed by atoms with Crippen molar-refractivity contribution in [2.45, 2.75) is 37.9 Å². The summed E-state index contributed by atoms with van der Waals surface area (Å²) in [4.78, 5) is 22.3. The van der Waals surface area contributed by atoms with Crippen LogP contribution in [0.2, 0.25) is 0 Å². The summed E-state index contributed by atoms with van der Waals surface area (Å²) in [5, 5.41) is 14.4. The van der Waals surface area contributed by atoms with Crippen LogP contribution in [0, 0.1) is 0 Å². The van der Waals surface area contributed by atoms with Crippen LogP contribution in [0.4, 0.5) is 0 Å². The third-order valence-electron chi connectivity index (χ3n) is 5.17. The molecule has 0 amide bonds. The number of carboxylic acid groups (broad SMARTS) is 1. The van der Waals surface area contributed by atoms with E-state index in [-0.39, 0.29) is 18.5 Å². The predicted octanol–water partition coefficient (Wildman–Crippen LogP) is 5.15. The molecule has 0 aromatic heterocycles. The first-order chi connectivity index (χ1) is 13.9. The van der Waals surface area contributed by atoms with Crippen molar-refractivity contribution in [3.05, 3.63) is 83.9 Å². The van der Waals surface area contributed by atoms with Crippen LogP contribution in [0.25, 0.3) is 10.8 Å². The molecule has 0 saturated heterocycles. The summed E-state index contributed by atoms with van der Waals surface area (Å²) >= 11 is 0. The number of carbonyl (C=O) groups is 1. The van der Waals surface area contributed by atoms with Gasteiger partial charge in [-0.15, -0.1) is 0 Å². The Bertz CT molecular complexity index is 1020. The minimum Gasteiger partial charge on any atom is -0.480 e. The standard InChI is InChI=1S/C23H26NO4P/c1-2-18(20-14-8-12-19-11-6-7-13-21(19)20)15-22(23(25)26)24-29(27,28)16-17-9-4-3-5-10-17/h3-14,18,22H,2,15-16H2,1H3,(H,25,26)(H2,24,27,28). The zero-order chi connectivity index (χ0) is 20.9. The molecule has 0 fully saturated rings. The van der Waals surface area contributed by atoms with Crippen LogP contribution in [0.3, 0.4) is 0 Å². The molecule has 0 aliphatic carbocycles. The molecule has 0 aliphatic heterocycles. The first-order valence-corrected chi connectivity index (χ1v) is 11.6. The second-order valence-electron chi connectivity index (χ2n) is 7.27. The molecule has 0 radical (unpaired) electrons. The van der Waals surface area contributed by atoms with Crippen molar-refractivity contribution in [1.82, 2.24) is 5.09 Å². The van der Waals surface area contributed by atoms with Crippen LogP contribution in [-0.2, 0) is 15.5 Å². The summed E-state index contributed by atoms with van der Waals surface area (Å²) in [6.07, 6.45) is 0.857. The molecule has 29 heavy (non-hydrogen) atoms. The highest BCUT2D eigenvalue weighted by Crippen LogP contribution is 2.42. The summed E-state index contributed by atoms with van der Waals surface area (Å²) in [6.45, 7) is 2.01. The van der Waals surface area contributed by atoms with E-state index >= 15 is 0 Å². The van der Waals surface area contributed by atoms with Crippen LogP contribution in [0.1, 0.15) is 36.8 Å². The van der Waals surface area contributed by atoms with Gasteiger partial charge in [-0.1, -0.05) is 79.7 Å². The van der Waals surface area contributed by atoms with Gasteiger partial charge in [0.2, 0.25) is 0 Å². The van der Waals surface area contributed by atoms with Gasteiger partial charge >= 0.3 is 5.97 Å². The van der Waals surface area contributed by atoms with Gasteiger partial charge in [0.25, 0.3) is 7.52 Å². The molecule has 0 spiro atoms. The number of hydrogen-bond acceptors (Lipinski definition) is 2. The van der Waals surface area contributed by atoms with Gasteiger partial charge in [0.1, 0.15) is 6.04 Å². The number of hydrogen-bond donors (Lipinski definition) is 3. The Morgan fingerprint density at radius 2 is 1.66 bits per heavy atom. The number of rotatable bonds is 9. The minimum absolute atomic E-state index is 0.0496. The van der Waals surface area contributed by atoms with E-state index in [4.69, 9.17) is 0 Å². The molecule has 3 N–H and O–H groups in total. The van der Waals surface area contributed by atoms with E-state index in [9.17, 15) is 19.4 Å². The molecule has 0 saturated carbocycles. The summed E-state index contributed by atoms with van der Waals surface area (Å²) in [5.74, 6) is -1.17. The molecule has 5 nitrogen and oxygen atoms in total. The Balaban J connectivity index is 1.81. The summed E-state index contributed by atoms with van der Waals surface area (Å²) in [7, 11) is -3.86. The Labute approximate surface area is 170 Å². The number of carboxylic acids is 1. The Hall–Kier alpha value is -2.46. The molecule has 3 rings (SSSR count). The van der Waals surface area contributed by atoms with Crippen molar-refractivity contribution in [3.8, 4) is 0 Å². The van der Waals surface area contributed by atoms with Gasteiger partial charge in [-0.2, -0.15) is 0 Å². The Kier molecular flexibility index (Phi) is 6.86. The van der Waals surface area contributed by atoms with Crippen LogP contribution >= 0.6 is 7.52 Å². The van der Waals surface area contributed by atoms with Crippen molar-refractivity contribution in [2.24, 2.45) is 0 Å². The van der Waals surface area contributed by atoms with Gasteiger partial charge < -0.3 is 10.00 Å². The molecule has 0 aliphatic rings. The minimum atomic E-state index is -3.86. The Morgan fingerprint density at radius 3 is 2.34 bits per heavy atom. The smallest absolute Gasteiger partial charge is 0.321 e. The van der Waals surface area contributed by atoms with E-state index in [2.05, 4.69) is 5.09 Å². The van der Waals surface area contributed by atoms with Gasteiger partial charge in [-0.05, 0) is 40.7 Å². The number of aliphatic carboxylic acids is 1. The normalized spacial score (nSPS) is 15.5. The van der Waals surface area contributed by atoms with E-state index in [0.717, 1.165) is 22.8 Å². The fourth-order valence-electron chi connectivity index (χ4n) is 3.73.